The Balaban J connectivity index is 1.90. The largest absolute Gasteiger partial charge is 0.497 e. The number of ether oxygens (including phenoxy) is 1. The monoisotopic (exact) mass is 329 g/mol. The van der Waals surface area contributed by atoms with Gasteiger partial charge in [-0.15, -0.1) is 0 Å². The van der Waals surface area contributed by atoms with Crippen LogP contribution in [0.1, 0.15) is 17.4 Å². The quantitative estimate of drug-likeness (QED) is 0.670. The molecule has 0 aliphatic rings. The third kappa shape index (κ3) is 3.45. The van der Waals surface area contributed by atoms with Gasteiger partial charge in [-0.25, -0.2) is 14.2 Å². The predicted molar refractivity (Wildman–Crippen MR) is 86.7 cm³/mol. The molecule has 2 aromatic carbocycles. The molecule has 0 saturated carbocycles. The SMILES string of the molecule is COc1ccc(CC(NC(=O)O)c2nc3cc(F)ccc3[nH]2)cc1. The summed E-state index contributed by atoms with van der Waals surface area (Å²) in [4.78, 5) is 18.5. The molecule has 1 aromatic heterocycles. The van der Waals surface area contributed by atoms with E-state index in [2.05, 4.69) is 15.3 Å². The van der Waals surface area contributed by atoms with E-state index < -0.39 is 18.0 Å². The number of aromatic amines is 1. The lowest BCUT2D eigenvalue weighted by molar-refractivity contribution is 0.189. The Kier molecular flexibility index (Phi) is 4.33. The molecule has 6 nitrogen and oxygen atoms in total. The van der Waals surface area contributed by atoms with Gasteiger partial charge in [-0.3, -0.25) is 0 Å². The molecule has 7 heteroatoms. The molecule has 0 saturated heterocycles. The number of methoxy groups -OCH3 is 1. The molecule has 3 aromatic rings. The fourth-order valence-electron chi connectivity index (χ4n) is 2.53. The summed E-state index contributed by atoms with van der Waals surface area (Å²) >= 11 is 0. The number of rotatable bonds is 5. The number of nitrogens with zero attached hydrogens (tertiary/aromatic N) is 1. The van der Waals surface area contributed by atoms with E-state index in [0.717, 1.165) is 11.3 Å². The number of benzene rings is 2. The molecular formula is C17H16FN3O3. The van der Waals surface area contributed by atoms with Crippen molar-refractivity contribution in [2.24, 2.45) is 0 Å². The number of fused-ring (bicyclic) bond motifs is 1. The van der Waals surface area contributed by atoms with Crippen molar-refractivity contribution < 1.29 is 19.0 Å². The zero-order chi connectivity index (χ0) is 17.1. The zero-order valence-corrected chi connectivity index (χ0v) is 12.9. The van der Waals surface area contributed by atoms with Crippen LogP contribution < -0.4 is 10.1 Å². The molecule has 3 N–H and O–H groups in total. The minimum Gasteiger partial charge on any atom is -0.497 e. The van der Waals surface area contributed by atoms with Gasteiger partial charge in [0.15, 0.2) is 0 Å². The average Bonchev–Trinajstić information content (AvgIpc) is 2.97. The summed E-state index contributed by atoms with van der Waals surface area (Å²) in [6, 6.07) is 11.0. The smallest absolute Gasteiger partial charge is 0.405 e. The van der Waals surface area contributed by atoms with E-state index in [4.69, 9.17) is 9.84 Å². The summed E-state index contributed by atoms with van der Waals surface area (Å²) < 4.78 is 18.4. The summed E-state index contributed by atoms with van der Waals surface area (Å²) in [5.41, 5.74) is 2.02. The van der Waals surface area contributed by atoms with Crippen LogP contribution in [-0.2, 0) is 6.42 Å². The molecule has 24 heavy (non-hydrogen) atoms. The van der Waals surface area contributed by atoms with Gasteiger partial charge < -0.3 is 20.1 Å². The highest BCUT2D eigenvalue weighted by atomic mass is 19.1. The first-order chi connectivity index (χ1) is 11.5. The maximum atomic E-state index is 13.3. The van der Waals surface area contributed by atoms with Gasteiger partial charge in [0.1, 0.15) is 17.4 Å². The highest BCUT2D eigenvalue weighted by Gasteiger charge is 2.19. The number of H-pyrrole nitrogens is 1. The number of hydrogen-bond donors (Lipinski definition) is 3. The van der Waals surface area contributed by atoms with E-state index in [1.807, 2.05) is 12.1 Å². The number of nitrogens with one attached hydrogen (secondary N) is 2. The van der Waals surface area contributed by atoms with Crippen molar-refractivity contribution >= 4 is 17.1 Å². The first kappa shape index (κ1) is 15.8. The van der Waals surface area contributed by atoms with Crippen molar-refractivity contribution in [2.45, 2.75) is 12.5 Å². The van der Waals surface area contributed by atoms with Crippen LogP contribution in [-0.4, -0.2) is 28.3 Å². The maximum Gasteiger partial charge on any atom is 0.405 e. The number of carboxylic acid groups (broad SMARTS) is 1. The zero-order valence-electron chi connectivity index (χ0n) is 12.9. The molecule has 1 amide bonds. The first-order valence-corrected chi connectivity index (χ1v) is 7.32. The number of hydrogen-bond acceptors (Lipinski definition) is 3. The Bertz CT molecular complexity index is 861. The summed E-state index contributed by atoms with van der Waals surface area (Å²) in [5, 5.41) is 11.5. The number of carbonyl (C=O) groups is 1. The molecule has 0 aliphatic heterocycles. The lowest BCUT2D eigenvalue weighted by atomic mass is 10.1. The Hall–Kier alpha value is -3.09. The Morgan fingerprint density at radius 3 is 2.75 bits per heavy atom. The van der Waals surface area contributed by atoms with Gasteiger partial charge in [0, 0.05) is 12.5 Å². The maximum absolute atomic E-state index is 13.3. The van der Waals surface area contributed by atoms with E-state index in [9.17, 15) is 9.18 Å². The summed E-state index contributed by atoms with van der Waals surface area (Å²) in [7, 11) is 1.58. The van der Waals surface area contributed by atoms with E-state index in [0.29, 0.717) is 23.3 Å². The van der Waals surface area contributed by atoms with Crippen molar-refractivity contribution in [3.05, 3.63) is 59.7 Å². The van der Waals surface area contributed by atoms with E-state index in [1.54, 1.807) is 25.3 Å². The van der Waals surface area contributed by atoms with E-state index in [-0.39, 0.29) is 0 Å². The van der Waals surface area contributed by atoms with Crippen LogP contribution in [0.25, 0.3) is 11.0 Å². The molecule has 0 aliphatic carbocycles. The minimum atomic E-state index is -1.15. The molecular weight excluding hydrogens is 313 g/mol. The highest BCUT2D eigenvalue weighted by Crippen LogP contribution is 2.22. The second-order valence-corrected chi connectivity index (χ2v) is 5.34. The molecule has 1 unspecified atom stereocenters. The van der Waals surface area contributed by atoms with Crippen molar-refractivity contribution in [3.8, 4) is 5.75 Å². The molecule has 0 fully saturated rings. The summed E-state index contributed by atoms with van der Waals surface area (Å²) in [6.45, 7) is 0. The van der Waals surface area contributed by atoms with Crippen LogP contribution >= 0.6 is 0 Å². The van der Waals surface area contributed by atoms with E-state index >= 15 is 0 Å². The van der Waals surface area contributed by atoms with Crippen LogP contribution in [0, 0.1) is 5.82 Å². The topological polar surface area (TPSA) is 87.2 Å². The molecule has 124 valence electrons. The van der Waals surface area contributed by atoms with Crippen molar-refractivity contribution in [2.75, 3.05) is 7.11 Å². The average molecular weight is 329 g/mol. The molecule has 0 bridgehead atoms. The van der Waals surface area contributed by atoms with Crippen molar-refractivity contribution in [1.29, 1.82) is 0 Å². The van der Waals surface area contributed by atoms with Gasteiger partial charge in [0.25, 0.3) is 0 Å². The van der Waals surface area contributed by atoms with Crippen LogP contribution in [0.2, 0.25) is 0 Å². The third-order valence-corrected chi connectivity index (χ3v) is 3.69. The predicted octanol–water partition coefficient (Wildman–Crippen LogP) is 3.26. The fraction of sp³-hybridized carbons (Fsp3) is 0.176. The van der Waals surface area contributed by atoms with Crippen molar-refractivity contribution in [1.82, 2.24) is 15.3 Å². The highest BCUT2D eigenvalue weighted by molar-refractivity contribution is 5.75. The second kappa shape index (κ2) is 6.57. The molecule has 1 heterocycles. The van der Waals surface area contributed by atoms with Crippen molar-refractivity contribution in [3.63, 3.8) is 0 Å². The van der Waals surface area contributed by atoms with Crippen LogP contribution in [0.15, 0.2) is 42.5 Å². The number of halogens is 1. The minimum absolute atomic E-state index is 0.390. The van der Waals surface area contributed by atoms with Crippen LogP contribution in [0.3, 0.4) is 0 Å². The Morgan fingerprint density at radius 1 is 1.33 bits per heavy atom. The molecule has 3 rings (SSSR count). The lowest BCUT2D eigenvalue weighted by Crippen LogP contribution is -2.29. The first-order valence-electron chi connectivity index (χ1n) is 7.32. The Labute approximate surface area is 137 Å². The van der Waals surface area contributed by atoms with Gasteiger partial charge >= 0.3 is 6.09 Å². The van der Waals surface area contributed by atoms with Gasteiger partial charge in [0.05, 0.1) is 24.2 Å². The third-order valence-electron chi connectivity index (χ3n) is 3.69. The number of aromatic nitrogens is 2. The van der Waals surface area contributed by atoms with Crippen LogP contribution in [0.5, 0.6) is 5.75 Å². The summed E-state index contributed by atoms with van der Waals surface area (Å²) in [6.07, 6.45) is -0.751. The molecule has 1 atom stereocenters. The standard InChI is InChI=1S/C17H16FN3O3/c1-24-12-5-2-10(3-6-12)8-15(21-17(22)23)16-19-13-7-4-11(18)9-14(13)20-16/h2-7,9,15,21H,8H2,1H3,(H,19,20)(H,22,23). The van der Waals surface area contributed by atoms with E-state index in [1.165, 1.54) is 12.1 Å². The summed E-state index contributed by atoms with van der Waals surface area (Å²) in [5.74, 6) is 0.771. The van der Waals surface area contributed by atoms with Gasteiger partial charge in [-0.2, -0.15) is 0 Å². The van der Waals surface area contributed by atoms with Gasteiger partial charge in [0.2, 0.25) is 0 Å². The van der Waals surface area contributed by atoms with Gasteiger partial charge in [-0.05, 0) is 29.8 Å². The number of imidazole rings is 1. The Morgan fingerprint density at radius 2 is 2.08 bits per heavy atom. The molecule has 0 spiro atoms. The fourth-order valence-corrected chi connectivity index (χ4v) is 2.53. The molecule has 0 radical (unpaired) electrons. The number of amides is 1. The second-order valence-electron chi connectivity index (χ2n) is 5.34. The van der Waals surface area contributed by atoms with Crippen LogP contribution in [0.4, 0.5) is 9.18 Å². The normalized spacial score (nSPS) is 12.1. The lowest BCUT2D eigenvalue weighted by Gasteiger charge is -2.15. The van der Waals surface area contributed by atoms with Gasteiger partial charge in [-0.1, -0.05) is 12.1 Å².